The van der Waals surface area contributed by atoms with Gasteiger partial charge in [0.25, 0.3) is 0 Å². The molecule has 0 heterocycles. The third kappa shape index (κ3) is 4.95. The summed E-state index contributed by atoms with van der Waals surface area (Å²) in [6.07, 6.45) is 1.65. The quantitative estimate of drug-likeness (QED) is 0.718. The first-order valence-electron chi connectivity index (χ1n) is 6.18. The van der Waals surface area contributed by atoms with E-state index in [9.17, 15) is 4.79 Å². The van der Waals surface area contributed by atoms with Gasteiger partial charge in [0.1, 0.15) is 5.78 Å². The van der Waals surface area contributed by atoms with E-state index in [-0.39, 0.29) is 5.41 Å². The molecule has 94 valence electrons. The van der Waals surface area contributed by atoms with Gasteiger partial charge in [-0.1, -0.05) is 39.8 Å². The Morgan fingerprint density at radius 3 is 2.24 bits per heavy atom. The molecular formula is C15H22OS. The van der Waals surface area contributed by atoms with Crippen LogP contribution in [0.25, 0.3) is 0 Å². The third-order valence-electron chi connectivity index (χ3n) is 2.65. The Hall–Kier alpha value is -0.760. The number of carbonyl (C=O) groups is 1. The normalized spacial score (nSPS) is 11.5. The predicted molar refractivity (Wildman–Crippen MR) is 75.8 cm³/mol. The minimum atomic E-state index is 0.196. The lowest BCUT2D eigenvalue weighted by Crippen LogP contribution is -2.10. The summed E-state index contributed by atoms with van der Waals surface area (Å²) in [6, 6.07) is 8.55. The van der Waals surface area contributed by atoms with Crippen molar-refractivity contribution >= 4 is 17.5 Å². The van der Waals surface area contributed by atoms with Gasteiger partial charge in [0.2, 0.25) is 0 Å². The van der Waals surface area contributed by atoms with Gasteiger partial charge >= 0.3 is 0 Å². The van der Waals surface area contributed by atoms with E-state index in [0.717, 1.165) is 6.42 Å². The highest BCUT2D eigenvalue weighted by Gasteiger charge is 2.12. The van der Waals surface area contributed by atoms with Crippen LogP contribution in [-0.4, -0.2) is 11.5 Å². The molecule has 2 heteroatoms. The standard InChI is InChI=1S/C15H22OS/c1-5-6-13(16)11-17-14-9-7-12(8-10-14)15(2,3)4/h7-10H,5-6,11H2,1-4H3. The van der Waals surface area contributed by atoms with Crippen molar-refractivity contribution < 1.29 is 4.79 Å². The molecule has 0 aliphatic carbocycles. The van der Waals surface area contributed by atoms with Gasteiger partial charge in [-0.25, -0.2) is 0 Å². The fourth-order valence-corrected chi connectivity index (χ4v) is 2.37. The zero-order valence-electron chi connectivity index (χ0n) is 11.2. The van der Waals surface area contributed by atoms with E-state index < -0.39 is 0 Å². The molecule has 0 bridgehead atoms. The van der Waals surface area contributed by atoms with E-state index >= 15 is 0 Å². The second-order valence-corrected chi connectivity index (χ2v) is 6.40. The van der Waals surface area contributed by atoms with Crippen LogP contribution in [0.5, 0.6) is 0 Å². The predicted octanol–water partition coefficient (Wildman–Crippen LogP) is 4.45. The molecule has 0 aromatic heterocycles. The highest BCUT2D eigenvalue weighted by Crippen LogP contribution is 2.25. The van der Waals surface area contributed by atoms with Crippen molar-refractivity contribution in [1.29, 1.82) is 0 Å². The first kappa shape index (κ1) is 14.3. The van der Waals surface area contributed by atoms with Crippen LogP contribution in [0.2, 0.25) is 0 Å². The number of Topliss-reactive ketones (excluding diaryl/α,β-unsaturated/α-hetero) is 1. The molecule has 0 radical (unpaired) electrons. The van der Waals surface area contributed by atoms with E-state index in [2.05, 4.69) is 45.0 Å². The van der Waals surface area contributed by atoms with Gasteiger partial charge in [-0.05, 0) is 29.5 Å². The Morgan fingerprint density at radius 1 is 1.18 bits per heavy atom. The number of carbonyl (C=O) groups excluding carboxylic acids is 1. The zero-order chi connectivity index (χ0) is 12.9. The highest BCUT2D eigenvalue weighted by atomic mass is 32.2. The molecule has 1 nitrogen and oxygen atoms in total. The lowest BCUT2D eigenvalue weighted by molar-refractivity contribution is -0.116. The summed E-state index contributed by atoms with van der Waals surface area (Å²) in [5.74, 6) is 0.945. The zero-order valence-corrected chi connectivity index (χ0v) is 12.1. The number of benzene rings is 1. The maximum atomic E-state index is 11.4. The first-order chi connectivity index (χ1) is 7.93. The van der Waals surface area contributed by atoms with E-state index in [1.807, 2.05) is 6.92 Å². The summed E-state index contributed by atoms with van der Waals surface area (Å²) in [5, 5.41) is 0. The molecule has 0 saturated heterocycles. The van der Waals surface area contributed by atoms with E-state index in [1.165, 1.54) is 10.5 Å². The second-order valence-electron chi connectivity index (χ2n) is 5.35. The minimum absolute atomic E-state index is 0.196. The van der Waals surface area contributed by atoms with Crippen molar-refractivity contribution in [2.24, 2.45) is 0 Å². The van der Waals surface area contributed by atoms with Crippen molar-refractivity contribution in [3.8, 4) is 0 Å². The van der Waals surface area contributed by atoms with Gasteiger partial charge in [-0.2, -0.15) is 0 Å². The molecule has 17 heavy (non-hydrogen) atoms. The monoisotopic (exact) mass is 250 g/mol. The van der Waals surface area contributed by atoms with Crippen LogP contribution in [0.4, 0.5) is 0 Å². The van der Waals surface area contributed by atoms with Crippen molar-refractivity contribution in [3.05, 3.63) is 29.8 Å². The van der Waals surface area contributed by atoms with Crippen LogP contribution in [0.15, 0.2) is 29.2 Å². The molecule has 0 saturated carbocycles. The summed E-state index contributed by atoms with van der Waals surface area (Å²) >= 11 is 1.64. The maximum absolute atomic E-state index is 11.4. The van der Waals surface area contributed by atoms with Crippen LogP contribution >= 0.6 is 11.8 Å². The molecule has 0 fully saturated rings. The van der Waals surface area contributed by atoms with E-state index in [0.29, 0.717) is 18.0 Å². The summed E-state index contributed by atoms with van der Waals surface area (Å²) < 4.78 is 0. The smallest absolute Gasteiger partial charge is 0.143 e. The van der Waals surface area contributed by atoms with Crippen molar-refractivity contribution in [2.45, 2.75) is 50.8 Å². The molecular weight excluding hydrogens is 228 g/mol. The molecule has 1 aromatic rings. The summed E-state index contributed by atoms with van der Waals surface area (Å²) in [5.41, 5.74) is 1.53. The molecule has 1 rings (SSSR count). The summed E-state index contributed by atoms with van der Waals surface area (Å²) in [4.78, 5) is 12.6. The fourth-order valence-electron chi connectivity index (χ4n) is 1.57. The van der Waals surface area contributed by atoms with E-state index in [4.69, 9.17) is 0 Å². The molecule has 0 amide bonds. The molecule has 0 N–H and O–H groups in total. The Bertz CT molecular complexity index is 360. The van der Waals surface area contributed by atoms with Gasteiger partial charge in [0, 0.05) is 11.3 Å². The maximum Gasteiger partial charge on any atom is 0.143 e. The Morgan fingerprint density at radius 2 is 1.76 bits per heavy atom. The Balaban J connectivity index is 2.54. The minimum Gasteiger partial charge on any atom is -0.299 e. The lowest BCUT2D eigenvalue weighted by Gasteiger charge is -2.19. The van der Waals surface area contributed by atoms with Crippen LogP contribution in [-0.2, 0) is 10.2 Å². The fraction of sp³-hybridized carbons (Fsp3) is 0.533. The average Bonchev–Trinajstić information content (AvgIpc) is 2.26. The van der Waals surface area contributed by atoms with Gasteiger partial charge in [-0.15, -0.1) is 11.8 Å². The van der Waals surface area contributed by atoms with Crippen LogP contribution in [0.3, 0.4) is 0 Å². The summed E-state index contributed by atoms with van der Waals surface area (Å²) in [7, 11) is 0. The SMILES string of the molecule is CCCC(=O)CSc1ccc(C(C)(C)C)cc1. The number of ketones is 1. The average molecular weight is 250 g/mol. The van der Waals surface area contributed by atoms with Gasteiger partial charge in [-0.3, -0.25) is 4.79 Å². The second kappa shape index (κ2) is 6.25. The van der Waals surface area contributed by atoms with Crippen molar-refractivity contribution in [3.63, 3.8) is 0 Å². The van der Waals surface area contributed by atoms with Gasteiger partial charge in [0.15, 0.2) is 0 Å². The highest BCUT2D eigenvalue weighted by molar-refractivity contribution is 8.00. The Kier molecular flexibility index (Phi) is 5.26. The molecule has 0 unspecified atom stereocenters. The topological polar surface area (TPSA) is 17.1 Å². The molecule has 1 aromatic carbocycles. The van der Waals surface area contributed by atoms with Crippen molar-refractivity contribution in [2.75, 3.05) is 5.75 Å². The number of rotatable bonds is 5. The van der Waals surface area contributed by atoms with Crippen LogP contribution in [0.1, 0.15) is 46.1 Å². The number of hydrogen-bond donors (Lipinski definition) is 0. The van der Waals surface area contributed by atoms with Gasteiger partial charge < -0.3 is 0 Å². The Labute approximate surface area is 109 Å². The van der Waals surface area contributed by atoms with Crippen molar-refractivity contribution in [1.82, 2.24) is 0 Å². The molecule has 0 atom stereocenters. The molecule has 0 spiro atoms. The van der Waals surface area contributed by atoms with E-state index in [1.54, 1.807) is 11.8 Å². The summed E-state index contributed by atoms with van der Waals surface area (Å²) in [6.45, 7) is 8.67. The number of thioether (sulfide) groups is 1. The lowest BCUT2D eigenvalue weighted by atomic mass is 9.87. The van der Waals surface area contributed by atoms with Crippen LogP contribution in [0, 0.1) is 0 Å². The first-order valence-corrected chi connectivity index (χ1v) is 7.17. The third-order valence-corrected chi connectivity index (χ3v) is 3.72. The largest absolute Gasteiger partial charge is 0.299 e. The molecule has 0 aliphatic heterocycles. The molecule has 0 aliphatic rings. The van der Waals surface area contributed by atoms with Gasteiger partial charge in [0.05, 0.1) is 5.75 Å². The number of hydrogen-bond acceptors (Lipinski definition) is 2. The van der Waals surface area contributed by atoms with Crippen LogP contribution < -0.4 is 0 Å².